The Bertz CT molecular complexity index is 720. The molecule has 0 saturated carbocycles. The Morgan fingerprint density at radius 1 is 1.35 bits per heavy atom. The van der Waals surface area contributed by atoms with E-state index < -0.39 is 11.9 Å². The molecule has 2 rings (SSSR count). The molecule has 0 fully saturated rings. The molecule has 0 aromatic carbocycles. The van der Waals surface area contributed by atoms with E-state index in [9.17, 15) is 9.59 Å². The normalized spacial score (nSPS) is 10.5. The zero-order valence-electron chi connectivity index (χ0n) is 10.9. The first-order valence-corrected chi connectivity index (χ1v) is 5.68. The quantitative estimate of drug-likeness (QED) is 0.734. The molecule has 1 amide bonds. The summed E-state index contributed by atoms with van der Waals surface area (Å²) in [6, 6.07) is 1.70. The number of carbonyl (C=O) groups excluding carboxylic acids is 1. The molecule has 8 nitrogen and oxygen atoms in total. The van der Waals surface area contributed by atoms with Gasteiger partial charge in [-0.3, -0.25) is 4.79 Å². The predicted molar refractivity (Wildman–Crippen MR) is 70.7 cm³/mol. The van der Waals surface area contributed by atoms with Crippen molar-refractivity contribution in [2.75, 3.05) is 5.73 Å². The molecule has 0 saturated heterocycles. The van der Waals surface area contributed by atoms with Gasteiger partial charge in [0.2, 0.25) is 0 Å². The van der Waals surface area contributed by atoms with Crippen molar-refractivity contribution in [3.63, 3.8) is 0 Å². The molecule has 0 aliphatic heterocycles. The number of carbonyl (C=O) groups is 2. The summed E-state index contributed by atoms with van der Waals surface area (Å²) in [5.74, 6) is -1.77. The van der Waals surface area contributed by atoms with Gasteiger partial charge in [-0.25, -0.2) is 14.5 Å². The summed E-state index contributed by atoms with van der Waals surface area (Å²) in [5, 5.41) is 12.8. The number of nitrogens with zero attached hydrogens (tertiary/aromatic N) is 3. The maximum Gasteiger partial charge on any atom is 0.358 e. The monoisotopic (exact) mass is 275 g/mol. The molecule has 5 N–H and O–H groups in total. The number of hydrogen-bond donors (Lipinski definition) is 3. The number of amides is 1. The maximum atomic E-state index is 11.5. The van der Waals surface area contributed by atoms with Gasteiger partial charge in [-0.2, -0.15) is 5.10 Å². The fourth-order valence-electron chi connectivity index (χ4n) is 1.95. The van der Waals surface area contributed by atoms with Crippen molar-refractivity contribution in [2.24, 2.45) is 5.73 Å². The molecule has 20 heavy (non-hydrogen) atoms. The third-order valence-electron chi connectivity index (χ3n) is 2.73. The van der Waals surface area contributed by atoms with Crippen LogP contribution in [-0.4, -0.2) is 31.7 Å². The zero-order chi connectivity index (χ0) is 15.0. The summed E-state index contributed by atoms with van der Waals surface area (Å²) < 4.78 is 1.15. The van der Waals surface area contributed by atoms with Crippen molar-refractivity contribution in [3.8, 4) is 5.82 Å². The van der Waals surface area contributed by atoms with Crippen LogP contribution in [-0.2, 0) is 0 Å². The third-order valence-corrected chi connectivity index (χ3v) is 2.73. The third kappa shape index (κ3) is 2.18. The van der Waals surface area contributed by atoms with E-state index in [0.29, 0.717) is 11.3 Å². The molecule has 0 spiro atoms. The lowest BCUT2D eigenvalue weighted by Crippen LogP contribution is -2.18. The SMILES string of the molecule is Cc1cc(C)c(C(N)=O)c(-n2cc(N)c(C(=O)O)n2)n1. The van der Waals surface area contributed by atoms with Gasteiger partial charge >= 0.3 is 5.97 Å². The molecule has 8 heteroatoms. The van der Waals surface area contributed by atoms with Crippen molar-refractivity contribution < 1.29 is 14.7 Å². The van der Waals surface area contributed by atoms with Gasteiger partial charge < -0.3 is 16.6 Å². The summed E-state index contributed by atoms with van der Waals surface area (Å²) >= 11 is 0. The number of primary amides is 1. The van der Waals surface area contributed by atoms with Crippen LogP contribution in [0, 0.1) is 13.8 Å². The standard InChI is InChI=1S/C12H13N5O3/c1-5-3-6(2)15-11(8(5)10(14)18)17-4-7(13)9(16-17)12(19)20/h3-4H,13H2,1-2H3,(H2,14,18)(H,19,20). The minimum Gasteiger partial charge on any atom is -0.476 e. The minimum absolute atomic E-state index is 0.0196. The van der Waals surface area contributed by atoms with Crippen LogP contribution < -0.4 is 11.5 Å². The van der Waals surface area contributed by atoms with E-state index in [1.165, 1.54) is 6.20 Å². The fraction of sp³-hybridized carbons (Fsp3) is 0.167. The average molecular weight is 275 g/mol. The number of aromatic carboxylic acids is 1. The number of pyridine rings is 1. The van der Waals surface area contributed by atoms with Crippen LogP contribution in [0.5, 0.6) is 0 Å². The highest BCUT2D eigenvalue weighted by Crippen LogP contribution is 2.19. The second-order valence-corrected chi connectivity index (χ2v) is 4.33. The first-order chi connectivity index (χ1) is 9.31. The molecular formula is C12H13N5O3. The maximum absolute atomic E-state index is 11.5. The highest BCUT2D eigenvalue weighted by atomic mass is 16.4. The second kappa shape index (κ2) is 4.65. The molecule has 0 bridgehead atoms. The van der Waals surface area contributed by atoms with Crippen molar-refractivity contribution >= 4 is 17.6 Å². The molecule has 2 aromatic rings. The van der Waals surface area contributed by atoms with Crippen LogP contribution in [0.2, 0.25) is 0 Å². The van der Waals surface area contributed by atoms with Gasteiger partial charge in [-0.15, -0.1) is 0 Å². The summed E-state index contributed by atoms with van der Waals surface area (Å²) in [6.45, 7) is 3.45. The average Bonchev–Trinajstić information content (AvgIpc) is 2.69. The van der Waals surface area contributed by atoms with Gasteiger partial charge in [0.05, 0.1) is 17.4 Å². The summed E-state index contributed by atoms with van der Waals surface area (Å²) in [7, 11) is 0. The summed E-state index contributed by atoms with van der Waals surface area (Å²) in [4.78, 5) is 26.7. The first kappa shape index (κ1) is 13.5. The zero-order valence-corrected chi connectivity index (χ0v) is 10.9. The van der Waals surface area contributed by atoms with E-state index in [-0.39, 0.29) is 22.8 Å². The van der Waals surface area contributed by atoms with Gasteiger partial charge in [0, 0.05) is 5.69 Å². The molecule has 0 radical (unpaired) electrons. The van der Waals surface area contributed by atoms with E-state index in [4.69, 9.17) is 16.6 Å². The Labute approximate surface area is 114 Å². The Hall–Kier alpha value is -2.90. The van der Waals surface area contributed by atoms with Crippen LogP contribution in [0.15, 0.2) is 12.3 Å². The van der Waals surface area contributed by atoms with Gasteiger partial charge in [0.15, 0.2) is 11.5 Å². The number of carboxylic acids is 1. The largest absolute Gasteiger partial charge is 0.476 e. The number of aromatic nitrogens is 3. The summed E-state index contributed by atoms with van der Waals surface area (Å²) in [5.41, 5.74) is 12.0. The molecular weight excluding hydrogens is 262 g/mol. The fourth-order valence-corrected chi connectivity index (χ4v) is 1.95. The minimum atomic E-state index is -1.26. The van der Waals surface area contributed by atoms with Crippen molar-refractivity contribution in [2.45, 2.75) is 13.8 Å². The number of aryl methyl sites for hydroxylation is 2. The molecule has 0 aliphatic carbocycles. The highest BCUT2D eigenvalue weighted by Gasteiger charge is 2.20. The van der Waals surface area contributed by atoms with Crippen LogP contribution >= 0.6 is 0 Å². The lowest BCUT2D eigenvalue weighted by atomic mass is 10.1. The van der Waals surface area contributed by atoms with Gasteiger partial charge in [0.1, 0.15) is 0 Å². The molecule has 0 aliphatic rings. The number of rotatable bonds is 3. The molecule has 0 atom stereocenters. The Balaban J connectivity index is 2.72. The second-order valence-electron chi connectivity index (χ2n) is 4.33. The molecule has 2 aromatic heterocycles. The van der Waals surface area contributed by atoms with Gasteiger partial charge in [0.25, 0.3) is 5.91 Å². The van der Waals surface area contributed by atoms with Crippen LogP contribution in [0.3, 0.4) is 0 Å². The van der Waals surface area contributed by atoms with Crippen LogP contribution in [0.4, 0.5) is 5.69 Å². The lowest BCUT2D eigenvalue weighted by Gasteiger charge is -2.09. The van der Waals surface area contributed by atoms with Gasteiger partial charge in [-0.1, -0.05) is 0 Å². The van der Waals surface area contributed by atoms with Crippen LogP contribution in [0.25, 0.3) is 5.82 Å². The number of nitrogens with two attached hydrogens (primary N) is 2. The summed E-state index contributed by atoms with van der Waals surface area (Å²) in [6.07, 6.45) is 1.29. The van der Waals surface area contributed by atoms with E-state index >= 15 is 0 Å². The Morgan fingerprint density at radius 3 is 2.50 bits per heavy atom. The van der Waals surface area contributed by atoms with E-state index in [1.54, 1.807) is 19.9 Å². The van der Waals surface area contributed by atoms with E-state index in [0.717, 1.165) is 4.68 Å². The highest BCUT2D eigenvalue weighted by molar-refractivity contribution is 5.97. The number of nitrogen functional groups attached to an aromatic ring is 1. The molecule has 2 heterocycles. The number of hydrogen-bond acceptors (Lipinski definition) is 5. The van der Waals surface area contributed by atoms with Crippen molar-refractivity contribution in [1.82, 2.24) is 14.8 Å². The Morgan fingerprint density at radius 2 is 2.00 bits per heavy atom. The topological polar surface area (TPSA) is 137 Å². The van der Waals surface area contributed by atoms with Crippen molar-refractivity contribution in [1.29, 1.82) is 0 Å². The molecule has 104 valence electrons. The van der Waals surface area contributed by atoms with E-state index in [1.807, 2.05) is 0 Å². The van der Waals surface area contributed by atoms with Crippen molar-refractivity contribution in [3.05, 3.63) is 34.8 Å². The number of anilines is 1. The van der Waals surface area contributed by atoms with Crippen LogP contribution in [0.1, 0.15) is 32.1 Å². The first-order valence-electron chi connectivity index (χ1n) is 5.68. The van der Waals surface area contributed by atoms with E-state index in [2.05, 4.69) is 10.1 Å². The molecule has 0 unspecified atom stereocenters. The smallest absolute Gasteiger partial charge is 0.358 e. The predicted octanol–water partition coefficient (Wildman–Crippen LogP) is 0.263. The Kier molecular flexibility index (Phi) is 3.15. The lowest BCUT2D eigenvalue weighted by molar-refractivity contribution is 0.0691. The van der Waals surface area contributed by atoms with Gasteiger partial charge in [-0.05, 0) is 25.5 Å². The number of carboxylic acid groups (broad SMARTS) is 1.